The topological polar surface area (TPSA) is 151 Å². The minimum atomic E-state index is -0.741. The predicted octanol–water partition coefficient (Wildman–Crippen LogP) is -0.00288. The van der Waals surface area contributed by atoms with E-state index in [9.17, 15) is 29.1 Å². The van der Waals surface area contributed by atoms with E-state index in [2.05, 4.69) is 4.98 Å². The highest BCUT2D eigenvalue weighted by molar-refractivity contribution is 5.82. The maximum Gasteiger partial charge on any atom is 0.410 e. The van der Waals surface area contributed by atoms with Crippen LogP contribution >= 0.6 is 0 Å². The molecule has 0 unspecified atom stereocenters. The fourth-order valence-electron chi connectivity index (χ4n) is 3.65. The van der Waals surface area contributed by atoms with E-state index >= 15 is 0 Å². The van der Waals surface area contributed by atoms with Crippen LogP contribution in [0.3, 0.4) is 0 Å². The number of amides is 2. The highest BCUT2D eigenvalue weighted by atomic mass is 16.6. The second kappa shape index (κ2) is 11.3. The van der Waals surface area contributed by atoms with Crippen molar-refractivity contribution in [1.82, 2.24) is 19.4 Å². The Hall–Kier alpha value is -3.15. The van der Waals surface area contributed by atoms with E-state index in [4.69, 9.17) is 9.47 Å². The summed E-state index contributed by atoms with van der Waals surface area (Å²) in [6.45, 7) is 7.97. The minimum absolute atomic E-state index is 0.0748. The summed E-state index contributed by atoms with van der Waals surface area (Å²) < 4.78 is 11.4. The lowest BCUT2D eigenvalue weighted by Crippen LogP contribution is -2.45. The van der Waals surface area contributed by atoms with Gasteiger partial charge in [0, 0.05) is 24.3 Å². The molecule has 1 aromatic rings. The van der Waals surface area contributed by atoms with Crippen LogP contribution in [-0.2, 0) is 25.6 Å². The fraction of sp³-hybridized carbons (Fsp3) is 0.682. The number of nitrogens with zero attached hydrogens (tertiary/aromatic N) is 3. The standard InChI is InChI=1S/C22H34N4O8/c1-6-33-18(29)13-24(17(28)12-25-10-14(2)19(30)23-20(25)31)8-7-15-9-16(27)11-26(15)21(32)34-22(3,4)5/h10,15-16,27H,6-9,11-13H2,1-5H3,(H,23,30,31)/t15-,16-/m1/s1. The minimum Gasteiger partial charge on any atom is -0.465 e. The first-order valence-corrected chi connectivity index (χ1v) is 11.2. The average Bonchev–Trinajstić information content (AvgIpc) is 3.09. The van der Waals surface area contributed by atoms with Gasteiger partial charge in [-0.25, -0.2) is 9.59 Å². The van der Waals surface area contributed by atoms with E-state index < -0.39 is 47.0 Å². The average molecular weight is 483 g/mol. The van der Waals surface area contributed by atoms with Gasteiger partial charge in [-0.2, -0.15) is 0 Å². The molecule has 12 nitrogen and oxygen atoms in total. The first-order chi connectivity index (χ1) is 15.8. The number of aliphatic hydroxyl groups excluding tert-OH is 1. The molecule has 34 heavy (non-hydrogen) atoms. The zero-order valence-corrected chi connectivity index (χ0v) is 20.3. The van der Waals surface area contributed by atoms with Crippen molar-refractivity contribution >= 4 is 18.0 Å². The molecule has 2 rings (SSSR count). The van der Waals surface area contributed by atoms with E-state index in [0.29, 0.717) is 6.42 Å². The summed E-state index contributed by atoms with van der Waals surface area (Å²) in [6.07, 6.45) is 0.571. The number of H-pyrrole nitrogens is 1. The van der Waals surface area contributed by atoms with Gasteiger partial charge >= 0.3 is 17.8 Å². The normalized spacial score (nSPS) is 18.0. The molecular weight excluding hydrogens is 448 g/mol. The van der Waals surface area contributed by atoms with Crippen molar-refractivity contribution in [2.75, 3.05) is 26.2 Å². The van der Waals surface area contributed by atoms with Gasteiger partial charge in [0.1, 0.15) is 18.7 Å². The van der Waals surface area contributed by atoms with Crippen LogP contribution in [0.25, 0.3) is 0 Å². The number of carbonyl (C=O) groups excluding carboxylic acids is 3. The summed E-state index contributed by atoms with van der Waals surface area (Å²) in [5, 5.41) is 10.1. The Labute approximate surface area is 197 Å². The second-order valence-corrected chi connectivity index (χ2v) is 9.28. The second-order valence-electron chi connectivity index (χ2n) is 9.28. The summed E-state index contributed by atoms with van der Waals surface area (Å²) in [6, 6.07) is -0.402. The van der Waals surface area contributed by atoms with Crippen molar-refractivity contribution in [2.24, 2.45) is 0 Å². The van der Waals surface area contributed by atoms with Crippen molar-refractivity contribution in [3.05, 3.63) is 32.6 Å². The molecule has 190 valence electrons. The smallest absolute Gasteiger partial charge is 0.410 e. The van der Waals surface area contributed by atoms with Gasteiger partial charge in [-0.1, -0.05) is 0 Å². The third-order valence-electron chi connectivity index (χ3n) is 5.23. The molecule has 0 aromatic carbocycles. The van der Waals surface area contributed by atoms with Gasteiger partial charge in [0.15, 0.2) is 0 Å². The van der Waals surface area contributed by atoms with Crippen molar-refractivity contribution in [3.63, 3.8) is 0 Å². The molecule has 12 heteroatoms. The Morgan fingerprint density at radius 1 is 1.26 bits per heavy atom. The number of hydrogen-bond acceptors (Lipinski definition) is 8. The van der Waals surface area contributed by atoms with E-state index in [1.165, 1.54) is 22.9 Å². The SMILES string of the molecule is CCOC(=O)CN(CC[C@@H]1C[C@@H](O)CN1C(=O)OC(C)(C)C)C(=O)Cn1cc(C)c(=O)[nH]c1=O. The molecule has 0 aliphatic carbocycles. The maximum atomic E-state index is 13.0. The van der Waals surface area contributed by atoms with Gasteiger partial charge in [-0.15, -0.1) is 0 Å². The number of hydrogen-bond donors (Lipinski definition) is 2. The van der Waals surface area contributed by atoms with Gasteiger partial charge in [0.25, 0.3) is 5.56 Å². The quantitative estimate of drug-likeness (QED) is 0.491. The van der Waals surface area contributed by atoms with Crippen LogP contribution in [-0.4, -0.2) is 86.4 Å². The fourth-order valence-corrected chi connectivity index (χ4v) is 3.65. The molecule has 0 saturated carbocycles. The number of aliphatic hydroxyl groups is 1. The summed E-state index contributed by atoms with van der Waals surface area (Å²) in [7, 11) is 0. The lowest BCUT2D eigenvalue weighted by atomic mass is 10.1. The number of likely N-dealkylation sites (tertiary alicyclic amines) is 1. The first-order valence-electron chi connectivity index (χ1n) is 11.2. The third-order valence-corrected chi connectivity index (χ3v) is 5.23. The molecule has 2 amide bonds. The Morgan fingerprint density at radius 2 is 1.94 bits per heavy atom. The molecule has 1 aliphatic heterocycles. The predicted molar refractivity (Wildman–Crippen MR) is 121 cm³/mol. The number of β-amino-alcohol motifs (C(OH)–C–C–N with tert-alkyl or cyclic N) is 1. The zero-order chi connectivity index (χ0) is 25.6. The van der Waals surface area contributed by atoms with E-state index in [1.54, 1.807) is 27.7 Å². The molecular formula is C22H34N4O8. The largest absolute Gasteiger partial charge is 0.465 e. The Bertz CT molecular complexity index is 1010. The third kappa shape index (κ3) is 7.72. The maximum absolute atomic E-state index is 13.0. The summed E-state index contributed by atoms with van der Waals surface area (Å²) in [4.78, 5) is 66.1. The molecule has 2 atom stereocenters. The molecule has 1 fully saturated rings. The monoisotopic (exact) mass is 482 g/mol. The van der Waals surface area contributed by atoms with Gasteiger partial charge in [0.05, 0.1) is 19.3 Å². The molecule has 2 N–H and O–H groups in total. The molecule has 2 heterocycles. The number of esters is 1. The molecule has 0 radical (unpaired) electrons. The van der Waals surface area contributed by atoms with Gasteiger partial charge in [-0.3, -0.25) is 23.9 Å². The van der Waals surface area contributed by atoms with E-state index in [0.717, 1.165) is 4.57 Å². The van der Waals surface area contributed by atoms with Crippen LogP contribution in [0.4, 0.5) is 4.79 Å². The van der Waals surface area contributed by atoms with E-state index in [1.807, 2.05) is 0 Å². The molecule has 0 bridgehead atoms. The number of ether oxygens (including phenoxy) is 2. The van der Waals surface area contributed by atoms with Crippen LogP contribution in [0.1, 0.15) is 46.1 Å². The van der Waals surface area contributed by atoms with E-state index in [-0.39, 0.29) is 44.8 Å². The molecule has 1 aliphatic rings. The highest BCUT2D eigenvalue weighted by Crippen LogP contribution is 2.24. The summed E-state index contributed by atoms with van der Waals surface area (Å²) >= 11 is 0. The van der Waals surface area contributed by atoms with Crippen molar-refractivity contribution < 1.29 is 29.0 Å². The van der Waals surface area contributed by atoms with Crippen LogP contribution in [0, 0.1) is 6.92 Å². The number of nitrogens with one attached hydrogen (secondary N) is 1. The molecule has 1 aromatic heterocycles. The lowest BCUT2D eigenvalue weighted by Gasteiger charge is -2.30. The number of rotatable bonds is 8. The Kier molecular flexibility index (Phi) is 9.02. The number of carbonyl (C=O) groups is 3. The zero-order valence-electron chi connectivity index (χ0n) is 20.3. The Balaban J connectivity index is 2.15. The number of aromatic amines is 1. The van der Waals surface area contributed by atoms with Gasteiger partial charge < -0.3 is 24.4 Å². The van der Waals surface area contributed by atoms with Crippen LogP contribution in [0.2, 0.25) is 0 Å². The first kappa shape index (κ1) is 27.1. The summed E-state index contributed by atoms with van der Waals surface area (Å²) in [5.74, 6) is -1.15. The van der Waals surface area contributed by atoms with Gasteiger partial charge in [-0.05, 0) is 47.5 Å². The summed E-state index contributed by atoms with van der Waals surface area (Å²) in [5.41, 5.74) is -1.73. The lowest BCUT2D eigenvalue weighted by molar-refractivity contribution is -0.149. The van der Waals surface area contributed by atoms with Crippen molar-refractivity contribution in [1.29, 1.82) is 0 Å². The number of aromatic nitrogens is 2. The van der Waals surface area contributed by atoms with Crippen molar-refractivity contribution in [2.45, 2.75) is 71.8 Å². The van der Waals surface area contributed by atoms with Crippen molar-refractivity contribution in [3.8, 4) is 0 Å². The highest BCUT2D eigenvalue weighted by Gasteiger charge is 2.37. The van der Waals surface area contributed by atoms with Gasteiger partial charge in [0.2, 0.25) is 5.91 Å². The number of aryl methyl sites for hydroxylation is 1. The van der Waals surface area contributed by atoms with Crippen LogP contribution in [0.5, 0.6) is 0 Å². The molecule has 0 spiro atoms. The van der Waals surface area contributed by atoms with Crippen LogP contribution in [0.15, 0.2) is 15.8 Å². The van der Waals surface area contributed by atoms with Crippen LogP contribution < -0.4 is 11.2 Å². The molecule has 1 saturated heterocycles. The Morgan fingerprint density at radius 3 is 2.56 bits per heavy atom.